The largest absolute Gasteiger partial charge is 0.352 e. The maximum absolute atomic E-state index is 12.7. The molecule has 0 unspecified atom stereocenters. The van der Waals surface area contributed by atoms with Crippen LogP contribution in [0.25, 0.3) is 0 Å². The van der Waals surface area contributed by atoms with E-state index in [0.717, 1.165) is 24.0 Å². The number of aryl methyl sites for hydroxylation is 2. The Balaban J connectivity index is 1.59. The molecule has 0 radical (unpaired) electrons. The quantitative estimate of drug-likeness (QED) is 0.491. The third-order valence-corrected chi connectivity index (χ3v) is 6.15. The van der Waals surface area contributed by atoms with Crippen molar-refractivity contribution >= 4 is 33.2 Å². The third-order valence-electron chi connectivity index (χ3n) is 4.52. The normalized spacial score (nSPS) is 11.1. The van der Waals surface area contributed by atoms with Gasteiger partial charge in [0.05, 0.1) is 4.90 Å². The van der Waals surface area contributed by atoms with Gasteiger partial charge in [-0.2, -0.15) is 0 Å². The summed E-state index contributed by atoms with van der Waals surface area (Å²) in [4.78, 5) is 12.5. The van der Waals surface area contributed by atoms with E-state index in [1.54, 1.807) is 30.3 Å². The molecule has 0 aliphatic rings. The lowest BCUT2D eigenvalue weighted by atomic mass is 10.1. The standard InChI is InChI=1S/C23H23ClN2O3S/c1-17-5-2-8-21(15-17)26-30(28,29)22-9-3-7-19(16-22)23(27)25-14-4-6-18-10-12-20(24)13-11-18/h2-3,5,7-13,15-16,26H,4,6,14H2,1H3,(H,25,27). The van der Waals surface area contributed by atoms with E-state index in [1.165, 1.54) is 12.1 Å². The van der Waals surface area contributed by atoms with Gasteiger partial charge in [-0.05, 0) is 73.4 Å². The first-order chi connectivity index (χ1) is 14.3. The monoisotopic (exact) mass is 442 g/mol. The van der Waals surface area contributed by atoms with E-state index in [-0.39, 0.29) is 10.8 Å². The second-order valence-corrected chi connectivity index (χ2v) is 9.11. The molecule has 0 saturated carbocycles. The van der Waals surface area contributed by atoms with Crippen molar-refractivity contribution in [2.75, 3.05) is 11.3 Å². The summed E-state index contributed by atoms with van der Waals surface area (Å²) in [5.74, 6) is -0.307. The van der Waals surface area contributed by atoms with Crippen molar-refractivity contribution in [3.63, 3.8) is 0 Å². The Morgan fingerprint density at radius 1 is 0.967 bits per heavy atom. The summed E-state index contributed by atoms with van der Waals surface area (Å²) < 4.78 is 27.9. The summed E-state index contributed by atoms with van der Waals surface area (Å²) in [5.41, 5.74) is 2.87. The van der Waals surface area contributed by atoms with Gasteiger partial charge >= 0.3 is 0 Å². The van der Waals surface area contributed by atoms with Crippen LogP contribution in [0.5, 0.6) is 0 Å². The number of benzene rings is 3. The lowest BCUT2D eigenvalue weighted by Crippen LogP contribution is -2.25. The highest BCUT2D eigenvalue weighted by Crippen LogP contribution is 2.18. The van der Waals surface area contributed by atoms with E-state index in [2.05, 4.69) is 10.0 Å². The van der Waals surface area contributed by atoms with Gasteiger partial charge in [-0.3, -0.25) is 9.52 Å². The maximum Gasteiger partial charge on any atom is 0.261 e. The predicted octanol–water partition coefficient (Wildman–Crippen LogP) is 4.81. The minimum absolute atomic E-state index is 0.0396. The summed E-state index contributed by atoms with van der Waals surface area (Å²) in [6.07, 6.45) is 1.58. The van der Waals surface area contributed by atoms with Crippen molar-refractivity contribution in [1.29, 1.82) is 0 Å². The van der Waals surface area contributed by atoms with Gasteiger partial charge in [-0.1, -0.05) is 41.9 Å². The Bertz CT molecular complexity index is 1130. The SMILES string of the molecule is Cc1cccc(NS(=O)(=O)c2cccc(C(=O)NCCCc3ccc(Cl)cc3)c2)c1. The van der Waals surface area contributed by atoms with E-state index < -0.39 is 10.0 Å². The zero-order valence-corrected chi connectivity index (χ0v) is 18.1. The van der Waals surface area contributed by atoms with Gasteiger partial charge in [-0.25, -0.2) is 8.42 Å². The summed E-state index contributed by atoms with van der Waals surface area (Å²) in [6, 6.07) is 20.7. The van der Waals surface area contributed by atoms with Crippen molar-refractivity contribution in [3.8, 4) is 0 Å². The molecule has 7 heteroatoms. The van der Waals surface area contributed by atoms with Crippen molar-refractivity contribution in [2.45, 2.75) is 24.7 Å². The van der Waals surface area contributed by atoms with Crippen molar-refractivity contribution in [2.24, 2.45) is 0 Å². The first-order valence-corrected chi connectivity index (χ1v) is 11.4. The molecule has 0 atom stereocenters. The third kappa shape index (κ3) is 6.08. The number of hydrogen-bond donors (Lipinski definition) is 2. The average Bonchev–Trinajstić information content (AvgIpc) is 2.72. The van der Waals surface area contributed by atoms with Crippen LogP contribution in [0.2, 0.25) is 5.02 Å². The molecule has 3 aromatic rings. The molecule has 0 fully saturated rings. The van der Waals surface area contributed by atoms with E-state index >= 15 is 0 Å². The minimum Gasteiger partial charge on any atom is -0.352 e. The topological polar surface area (TPSA) is 75.3 Å². The van der Waals surface area contributed by atoms with E-state index in [0.29, 0.717) is 22.8 Å². The number of carbonyl (C=O) groups excluding carboxylic acids is 1. The van der Waals surface area contributed by atoms with Crippen molar-refractivity contribution in [3.05, 3.63) is 94.5 Å². The molecule has 0 heterocycles. The van der Waals surface area contributed by atoms with E-state index in [1.807, 2.05) is 37.3 Å². The van der Waals surface area contributed by atoms with Gasteiger partial charge < -0.3 is 5.32 Å². The van der Waals surface area contributed by atoms with E-state index in [9.17, 15) is 13.2 Å². The molecule has 0 saturated heterocycles. The minimum atomic E-state index is -3.79. The number of amides is 1. The van der Waals surface area contributed by atoms with Crippen LogP contribution in [0.15, 0.2) is 77.7 Å². The van der Waals surface area contributed by atoms with Crippen molar-refractivity contribution in [1.82, 2.24) is 5.32 Å². The molecular weight excluding hydrogens is 420 g/mol. The van der Waals surface area contributed by atoms with Crippen LogP contribution >= 0.6 is 11.6 Å². The number of anilines is 1. The van der Waals surface area contributed by atoms with E-state index in [4.69, 9.17) is 11.6 Å². The Labute approximate surface area is 182 Å². The number of sulfonamides is 1. The maximum atomic E-state index is 12.7. The van der Waals surface area contributed by atoms with Gasteiger partial charge in [-0.15, -0.1) is 0 Å². The van der Waals surface area contributed by atoms with Crippen LogP contribution < -0.4 is 10.0 Å². The molecular formula is C23H23ClN2O3S. The Hall–Kier alpha value is -2.83. The molecule has 0 aliphatic carbocycles. The number of halogens is 1. The molecule has 2 N–H and O–H groups in total. The second-order valence-electron chi connectivity index (χ2n) is 6.99. The molecule has 5 nitrogen and oxygen atoms in total. The lowest BCUT2D eigenvalue weighted by Gasteiger charge is -2.10. The summed E-state index contributed by atoms with van der Waals surface area (Å²) in [5, 5.41) is 3.53. The fraction of sp³-hybridized carbons (Fsp3) is 0.174. The van der Waals surface area contributed by atoms with Crippen LogP contribution in [0, 0.1) is 6.92 Å². The Morgan fingerprint density at radius 2 is 1.70 bits per heavy atom. The molecule has 30 heavy (non-hydrogen) atoms. The van der Waals surface area contributed by atoms with Gasteiger partial charge in [0.15, 0.2) is 0 Å². The molecule has 1 amide bonds. The lowest BCUT2D eigenvalue weighted by molar-refractivity contribution is 0.0953. The van der Waals surface area contributed by atoms with Gasteiger partial charge in [0.25, 0.3) is 15.9 Å². The summed E-state index contributed by atoms with van der Waals surface area (Å²) >= 11 is 5.88. The second kappa shape index (κ2) is 9.78. The smallest absolute Gasteiger partial charge is 0.261 e. The fourth-order valence-corrected chi connectivity index (χ4v) is 4.20. The number of nitrogens with one attached hydrogen (secondary N) is 2. The first-order valence-electron chi connectivity index (χ1n) is 9.56. The highest BCUT2D eigenvalue weighted by Gasteiger charge is 2.16. The Kier molecular flexibility index (Phi) is 7.13. The Morgan fingerprint density at radius 3 is 2.43 bits per heavy atom. The number of rotatable bonds is 8. The molecule has 3 aromatic carbocycles. The number of carbonyl (C=O) groups is 1. The van der Waals surface area contributed by atoms with Crippen LogP contribution in [0.4, 0.5) is 5.69 Å². The van der Waals surface area contributed by atoms with Gasteiger partial charge in [0.2, 0.25) is 0 Å². The summed E-state index contributed by atoms with van der Waals surface area (Å²) in [6.45, 7) is 2.37. The van der Waals surface area contributed by atoms with Gasteiger partial charge in [0.1, 0.15) is 0 Å². The molecule has 3 rings (SSSR count). The fourth-order valence-electron chi connectivity index (χ4n) is 2.97. The first kappa shape index (κ1) is 21.9. The molecule has 0 aliphatic heterocycles. The van der Waals surface area contributed by atoms with Crippen LogP contribution in [0.3, 0.4) is 0 Å². The molecule has 156 valence electrons. The molecule has 0 bridgehead atoms. The van der Waals surface area contributed by atoms with Crippen molar-refractivity contribution < 1.29 is 13.2 Å². The summed E-state index contributed by atoms with van der Waals surface area (Å²) in [7, 11) is -3.79. The highest BCUT2D eigenvalue weighted by molar-refractivity contribution is 7.92. The van der Waals surface area contributed by atoms with Gasteiger partial charge in [0, 0.05) is 22.8 Å². The predicted molar refractivity (Wildman–Crippen MR) is 121 cm³/mol. The zero-order chi connectivity index (χ0) is 21.6. The van der Waals surface area contributed by atoms with Crippen LogP contribution in [-0.4, -0.2) is 20.9 Å². The van der Waals surface area contributed by atoms with Crippen LogP contribution in [-0.2, 0) is 16.4 Å². The average molecular weight is 443 g/mol. The zero-order valence-electron chi connectivity index (χ0n) is 16.6. The molecule has 0 aromatic heterocycles. The van der Waals surface area contributed by atoms with Crippen LogP contribution in [0.1, 0.15) is 27.9 Å². The molecule has 0 spiro atoms. The highest BCUT2D eigenvalue weighted by atomic mass is 35.5. The number of hydrogen-bond acceptors (Lipinski definition) is 3.